The average molecular weight is 452 g/mol. The number of hydrogen-bond donors (Lipinski definition) is 2. The summed E-state index contributed by atoms with van der Waals surface area (Å²) in [7, 11) is 0. The number of ketones is 2. The van der Waals surface area contributed by atoms with Crippen molar-refractivity contribution in [1.29, 1.82) is 0 Å². The second-order valence-corrected chi connectivity index (χ2v) is 11.0. The summed E-state index contributed by atoms with van der Waals surface area (Å²) in [6.07, 6.45) is -0.151. The largest absolute Gasteiger partial charge is 0.390 e. The van der Waals surface area contributed by atoms with Crippen molar-refractivity contribution >= 4 is 11.6 Å². The normalized spacial score (nSPS) is 53.2. The Labute approximate surface area is 185 Å². The Hall–Kier alpha value is -1.48. The molecule has 32 heavy (non-hydrogen) atoms. The SMILES string of the molecule is CC1(C)O[C@@H]2C[C@H]3C4C[C@H](F)C5=CC(=O)C=C[C@]5(C)[C@@]4(F)[C@@H](O)C[C@]3(C)[C@]2(C(=O)CO)O1. The number of allylic oxidation sites excluding steroid dienone is 4. The quantitative estimate of drug-likeness (QED) is 0.668. The first-order chi connectivity index (χ1) is 14.8. The van der Waals surface area contributed by atoms with Crippen LogP contribution in [0.1, 0.15) is 47.0 Å². The Morgan fingerprint density at radius 1 is 1.22 bits per heavy atom. The van der Waals surface area contributed by atoms with Crippen molar-refractivity contribution in [3.63, 3.8) is 0 Å². The molecule has 8 heteroatoms. The number of ether oxygens (including phenoxy) is 2. The summed E-state index contributed by atoms with van der Waals surface area (Å²) in [5.41, 5.74) is -6.30. The van der Waals surface area contributed by atoms with Crippen LogP contribution in [0.2, 0.25) is 0 Å². The van der Waals surface area contributed by atoms with E-state index in [1.54, 1.807) is 20.8 Å². The molecule has 1 unspecified atom stereocenters. The zero-order valence-corrected chi connectivity index (χ0v) is 18.7. The van der Waals surface area contributed by atoms with Crippen molar-refractivity contribution in [2.75, 3.05) is 6.61 Å². The zero-order chi connectivity index (χ0) is 23.5. The van der Waals surface area contributed by atoms with Crippen LogP contribution in [0, 0.1) is 22.7 Å². The van der Waals surface area contributed by atoms with Crippen molar-refractivity contribution in [2.45, 2.75) is 82.4 Å². The second-order valence-electron chi connectivity index (χ2n) is 11.0. The lowest BCUT2D eigenvalue weighted by molar-refractivity contribution is -0.248. The molecule has 9 atom stereocenters. The summed E-state index contributed by atoms with van der Waals surface area (Å²) in [5.74, 6) is -3.53. The molecule has 0 aromatic carbocycles. The smallest absolute Gasteiger partial charge is 0.193 e. The topological polar surface area (TPSA) is 93.1 Å². The Bertz CT molecular complexity index is 960. The summed E-state index contributed by atoms with van der Waals surface area (Å²) in [6.45, 7) is 5.87. The minimum absolute atomic E-state index is 0.0550. The van der Waals surface area contributed by atoms with E-state index in [4.69, 9.17) is 9.47 Å². The van der Waals surface area contributed by atoms with Crippen molar-refractivity contribution in [3.05, 3.63) is 23.8 Å². The predicted molar refractivity (Wildman–Crippen MR) is 109 cm³/mol. The lowest BCUT2D eigenvalue weighted by Crippen LogP contribution is -2.71. The third-order valence-corrected chi connectivity index (χ3v) is 9.18. The number of alkyl halides is 2. The van der Waals surface area contributed by atoms with Gasteiger partial charge in [-0.2, -0.15) is 0 Å². The van der Waals surface area contributed by atoms with E-state index in [0.717, 1.165) is 6.08 Å². The molecule has 0 aromatic heterocycles. The Morgan fingerprint density at radius 2 is 1.91 bits per heavy atom. The molecular formula is C24H30F2O6. The van der Waals surface area contributed by atoms with Crippen molar-refractivity contribution in [3.8, 4) is 0 Å². The van der Waals surface area contributed by atoms with E-state index in [-0.39, 0.29) is 24.8 Å². The van der Waals surface area contributed by atoms with Crippen LogP contribution >= 0.6 is 0 Å². The average Bonchev–Trinajstić information content (AvgIpc) is 3.11. The van der Waals surface area contributed by atoms with Gasteiger partial charge in [-0.1, -0.05) is 13.0 Å². The maximum Gasteiger partial charge on any atom is 0.193 e. The number of halogens is 2. The predicted octanol–water partition coefficient (Wildman–Crippen LogP) is 2.37. The maximum atomic E-state index is 17.1. The Balaban J connectivity index is 1.66. The number of fused-ring (bicyclic) bond motifs is 7. The number of Topliss-reactive ketones (excluding diaryl/α,β-unsaturated/α-hetero) is 1. The van der Waals surface area contributed by atoms with Crippen LogP contribution < -0.4 is 0 Å². The molecule has 0 aromatic rings. The van der Waals surface area contributed by atoms with E-state index in [0.29, 0.717) is 0 Å². The van der Waals surface area contributed by atoms with E-state index in [1.165, 1.54) is 19.1 Å². The highest BCUT2D eigenvalue weighted by atomic mass is 19.1. The molecule has 0 radical (unpaired) electrons. The van der Waals surface area contributed by atoms with Crippen molar-refractivity contribution in [2.24, 2.45) is 22.7 Å². The van der Waals surface area contributed by atoms with Crippen LogP contribution in [0.15, 0.2) is 23.8 Å². The van der Waals surface area contributed by atoms with E-state index in [1.807, 2.05) is 0 Å². The highest BCUT2D eigenvalue weighted by Gasteiger charge is 2.80. The van der Waals surface area contributed by atoms with Gasteiger partial charge in [0, 0.05) is 16.7 Å². The molecule has 1 saturated heterocycles. The van der Waals surface area contributed by atoms with Crippen LogP contribution in [0.5, 0.6) is 0 Å². The number of aliphatic hydroxyl groups is 2. The van der Waals surface area contributed by atoms with E-state index in [2.05, 4.69) is 0 Å². The summed E-state index contributed by atoms with van der Waals surface area (Å²) in [4.78, 5) is 25.1. The summed E-state index contributed by atoms with van der Waals surface area (Å²) >= 11 is 0. The van der Waals surface area contributed by atoms with Gasteiger partial charge in [0.1, 0.15) is 12.8 Å². The molecule has 6 nitrogen and oxygen atoms in total. The molecule has 5 aliphatic rings. The van der Waals surface area contributed by atoms with E-state index < -0.39 is 76.3 Å². The lowest BCUT2D eigenvalue weighted by Gasteiger charge is -2.63. The summed E-state index contributed by atoms with van der Waals surface area (Å²) < 4.78 is 44.8. The van der Waals surface area contributed by atoms with Gasteiger partial charge in [-0.3, -0.25) is 9.59 Å². The van der Waals surface area contributed by atoms with Gasteiger partial charge in [0.05, 0.1) is 12.2 Å². The zero-order valence-electron chi connectivity index (χ0n) is 18.7. The molecule has 1 heterocycles. The molecule has 5 rings (SSSR count). The fourth-order valence-electron chi connectivity index (χ4n) is 7.92. The number of hydrogen-bond acceptors (Lipinski definition) is 6. The van der Waals surface area contributed by atoms with Gasteiger partial charge in [0.25, 0.3) is 0 Å². The highest BCUT2D eigenvalue weighted by Crippen LogP contribution is 2.72. The Morgan fingerprint density at radius 3 is 2.56 bits per heavy atom. The molecule has 0 bridgehead atoms. The second kappa shape index (κ2) is 6.34. The third kappa shape index (κ3) is 2.32. The van der Waals surface area contributed by atoms with Gasteiger partial charge in [0.2, 0.25) is 0 Å². The molecule has 3 saturated carbocycles. The van der Waals surface area contributed by atoms with Gasteiger partial charge in [-0.25, -0.2) is 8.78 Å². The van der Waals surface area contributed by atoms with Crippen LogP contribution in [0.4, 0.5) is 8.78 Å². The molecule has 0 spiro atoms. The number of aliphatic hydroxyl groups excluding tert-OH is 2. The molecule has 1 aliphatic heterocycles. The molecule has 176 valence electrons. The van der Waals surface area contributed by atoms with Crippen molar-refractivity contribution in [1.82, 2.24) is 0 Å². The first kappa shape index (κ1) is 22.3. The molecule has 0 amide bonds. The summed E-state index contributed by atoms with van der Waals surface area (Å²) in [5, 5.41) is 21.1. The van der Waals surface area contributed by atoms with Gasteiger partial charge in [-0.15, -0.1) is 0 Å². The summed E-state index contributed by atoms with van der Waals surface area (Å²) in [6, 6.07) is 0. The standard InChI is InChI=1S/C24H30F2O6/c1-20(2)31-19-9-13-14-8-16(25)15-7-12(28)5-6-21(15,3)23(14,26)17(29)10-22(13,4)24(19,32-20)18(30)11-27/h5-7,13-14,16-17,19,27,29H,8-11H2,1-4H3/t13-,14?,16-,17-,19+,21-,22-,23-,24+/m0/s1. The first-order valence-electron chi connectivity index (χ1n) is 11.3. The Kier molecular flexibility index (Phi) is 4.42. The van der Waals surface area contributed by atoms with Crippen molar-refractivity contribution < 1.29 is 38.1 Å². The minimum atomic E-state index is -2.24. The monoisotopic (exact) mass is 452 g/mol. The van der Waals surface area contributed by atoms with E-state index in [9.17, 15) is 19.8 Å². The molecular weight excluding hydrogens is 422 g/mol. The first-order valence-corrected chi connectivity index (χ1v) is 11.3. The molecule has 4 fully saturated rings. The van der Waals surface area contributed by atoms with Gasteiger partial charge >= 0.3 is 0 Å². The fourth-order valence-corrected chi connectivity index (χ4v) is 7.92. The van der Waals surface area contributed by atoms with E-state index >= 15 is 8.78 Å². The minimum Gasteiger partial charge on any atom is -0.390 e. The molecule has 4 aliphatic carbocycles. The number of carbonyl (C=O) groups is 2. The van der Waals surface area contributed by atoms with Crippen LogP contribution in [0.25, 0.3) is 0 Å². The molecule has 2 N–H and O–H groups in total. The van der Waals surface area contributed by atoms with Gasteiger partial charge in [0.15, 0.2) is 28.6 Å². The van der Waals surface area contributed by atoms with Crippen LogP contribution in [-0.2, 0) is 19.1 Å². The lowest BCUT2D eigenvalue weighted by atomic mass is 9.44. The highest BCUT2D eigenvalue weighted by molar-refractivity contribution is 6.01. The fraction of sp³-hybridized carbons (Fsp3) is 0.750. The maximum absolute atomic E-state index is 17.1. The van der Waals surface area contributed by atoms with Crippen LogP contribution in [-0.4, -0.2) is 63.8 Å². The number of carbonyl (C=O) groups excluding carboxylic acids is 2. The third-order valence-electron chi connectivity index (χ3n) is 9.18. The van der Waals surface area contributed by atoms with Gasteiger partial charge in [-0.05, 0) is 63.7 Å². The van der Waals surface area contributed by atoms with Gasteiger partial charge < -0.3 is 19.7 Å². The van der Waals surface area contributed by atoms with Crippen LogP contribution in [0.3, 0.4) is 0 Å². The number of rotatable bonds is 2.